The van der Waals surface area contributed by atoms with Gasteiger partial charge >= 0.3 is 6.18 Å². The number of carbonyl (C=O) groups is 2. The van der Waals surface area contributed by atoms with Crippen LogP contribution in [0.4, 0.5) is 18.2 Å². The van der Waals surface area contributed by atoms with Crippen molar-refractivity contribution in [1.82, 2.24) is 0 Å². The Morgan fingerprint density at radius 3 is 2.45 bits per heavy atom. The number of rotatable bonds is 4. The molecule has 1 aliphatic rings. The van der Waals surface area contributed by atoms with E-state index in [0.717, 1.165) is 17.0 Å². The van der Waals surface area contributed by atoms with Crippen molar-refractivity contribution in [1.29, 1.82) is 0 Å². The van der Waals surface area contributed by atoms with E-state index in [2.05, 4.69) is 19.2 Å². The second-order valence-electron chi connectivity index (χ2n) is 6.29. The quantitative estimate of drug-likeness (QED) is 0.467. The lowest BCUT2D eigenvalue weighted by Gasteiger charge is -2.12. The molecule has 0 atom stereocenters. The van der Waals surface area contributed by atoms with Crippen LogP contribution in [0.15, 0.2) is 18.2 Å². The average Bonchev–Trinajstić information content (AvgIpc) is 3.11. The molecule has 4 nitrogen and oxygen atoms in total. The molecule has 2 heterocycles. The number of unbranched alkanes of at least 4 members (excludes halogenated alkanes) is 1. The summed E-state index contributed by atoms with van der Waals surface area (Å²) in [6, 6.07) is 3.11. The number of carbonyl (C=O) groups excluding carboxylic acids is 2. The number of benzene rings is 1. The second kappa shape index (κ2) is 12.8. The largest absolute Gasteiger partial charge is 0.417 e. The maximum atomic E-state index is 12.9. The minimum Gasteiger partial charge on any atom is -0.376 e. The van der Waals surface area contributed by atoms with Gasteiger partial charge < -0.3 is 10.1 Å². The van der Waals surface area contributed by atoms with Gasteiger partial charge in [-0.05, 0) is 12.1 Å². The fraction of sp³-hybridized carbons (Fsp3) is 0.455. The Labute approximate surface area is 189 Å². The molecule has 0 saturated carbocycles. The van der Waals surface area contributed by atoms with Gasteiger partial charge in [0.1, 0.15) is 5.00 Å². The number of anilines is 1. The molecule has 0 radical (unpaired) electrons. The van der Waals surface area contributed by atoms with Gasteiger partial charge in [0, 0.05) is 16.9 Å². The van der Waals surface area contributed by atoms with Gasteiger partial charge in [-0.2, -0.15) is 13.2 Å². The van der Waals surface area contributed by atoms with Crippen LogP contribution in [0, 0.1) is 0 Å². The number of ether oxygens (including phenoxy) is 1. The summed E-state index contributed by atoms with van der Waals surface area (Å²) >= 11 is 6.98. The normalized spacial score (nSPS) is 12.5. The van der Waals surface area contributed by atoms with E-state index in [9.17, 15) is 22.8 Å². The molecule has 1 aliphatic heterocycles. The van der Waals surface area contributed by atoms with Crippen LogP contribution in [-0.2, 0) is 23.9 Å². The van der Waals surface area contributed by atoms with E-state index < -0.39 is 22.7 Å². The summed E-state index contributed by atoms with van der Waals surface area (Å²) < 4.78 is 44.1. The first kappa shape index (κ1) is 27.1. The Morgan fingerprint density at radius 2 is 1.90 bits per heavy atom. The molecular weight excluding hydrogens is 451 g/mol. The summed E-state index contributed by atoms with van der Waals surface area (Å²) in [6.07, 6.45) is -0.810. The molecule has 1 aromatic carbocycles. The number of hydrogen-bond acceptors (Lipinski definition) is 4. The molecule has 0 bridgehead atoms. The third kappa shape index (κ3) is 7.05. The third-order valence-corrected chi connectivity index (χ3v) is 5.88. The molecule has 3 rings (SSSR count). The lowest BCUT2D eigenvalue weighted by molar-refractivity contribution is -0.137. The number of amides is 1. The van der Waals surface area contributed by atoms with E-state index in [1.807, 2.05) is 13.8 Å². The summed E-state index contributed by atoms with van der Waals surface area (Å²) in [5.74, 6) is -0.807. The van der Waals surface area contributed by atoms with Crippen LogP contribution < -0.4 is 5.32 Å². The van der Waals surface area contributed by atoms with Crippen LogP contribution in [-0.4, -0.2) is 18.8 Å². The zero-order valence-corrected chi connectivity index (χ0v) is 19.6. The van der Waals surface area contributed by atoms with Crippen molar-refractivity contribution in [3.63, 3.8) is 0 Å². The average molecular weight is 478 g/mol. The number of thiophene rings is 1. The highest BCUT2D eigenvalue weighted by Crippen LogP contribution is 2.38. The summed E-state index contributed by atoms with van der Waals surface area (Å²) in [4.78, 5) is 24.7. The Bertz CT molecular complexity index is 880. The van der Waals surface area contributed by atoms with E-state index in [1.54, 1.807) is 0 Å². The lowest BCUT2D eigenvalue weighted by atomic mass is 10.1. The molecule has 1 aromatic heterocycles. The van der Waals surface area contributed by atoms with Crippen molar-refractivity contribution in [2.45, 2.75) is 59.7 Å². The van der Waals surface area contributed by atoms with E-state index in [-0.39, 0.29) is 22.7 Å². The molecule has 31 heavy (non-hydrogen) atoms. The fourth-order valence-electron chi connectivity index (χ4n) is 2.54. The molecule has 1 amide bonds. The lowest BCUT2D eigenvalue weighted by Crippen LogP contribution is -2.15. The number of aldehydes is 1. The summed E-state index contributed by atoms with van der Waals surface area (Å²) in [6.45, 7) is 9.14. The van der Waals surface area contributed by atoms with Crippen molar-refractivity contribution in [3.05, 3.63) is 50.4 Å². The summed E-state index contributed by atoms with van der Waals surface area (Å²) in [5.41, 5.74) is -0.403. The van der Waals surface area contributed by atoms with Crippen molar-refractivity contribution >= 4 is 40.1 Å². The van der Waals surface area contributed by atoms with Gasteiger partial charge in [0.05, 0.1) is 34.9 Å². The maximum Gasteiger partial charge on any atom is 0.417 e. The van der Waals surface area contributed by atoms with E-state index in [1.165, 1.54) is 30.2 Å². The maximum absolute atomic E-state index is 12.9. The second-order valence-corrected chi connectivity index (χ2v) is 7.77. The monoisotopic (exact) mass is 477 g/mol. The zero-order valence-electron chi connectivity index (χ0n) is 18.0. The highest BCUT2D eigenvalue weighted by molar-refractivity contribution is 7.17. The Morgan fingerprint density at radius 1 is 1.26 bits per heavy atom. The molecular formula is C22H27ClF3NO3S. The first-order chi connectivity index (χ1) is 14.7. The van der Waals surface area contributed by atoms with Crippen molar-refractivity contribution in [2.75, 3.05) is 11.9 Å². The van der Waals surface area contributed by atoms with Gasteiger partial charge in [0.2, 0.25) is 0 Å². The summed E-state index contributed by atoms with van der Waals surface area (Å²) in [5, 5.41) is 2.10. The fourth-order valence-corrected chi connectivity index (χ4v) is 4.01. The number of alkyl halides is 3. The Hall–Kier alpha value is -1.90. The van der Waals surface area contributed by atoms with Gasteiger partial charge in [-0.3, -0.25) is 9.59 Å². The number of fused-ring (bicyclic) bond motifs is 1. The SMILES string of the molecule is CC.CCCC.O=Cc1c(NC(=O)c2cccc(C(F)(F)F)c2Cl)sc2c1COCC2. The molecule has 172 valence electrons. The molecule has 1 N–H and O–H groups in total. The molecule has 0 unspecified atom stereocenters. The Balaban J connectivity index is 0.000000720. The predicted octanol–water partition coefficient (Wildman–Crippen LogP) is 7.39. The van der Waals surface area contributed by atoms with Crippen LogP contribution in [0.25, 0.3) is 0 Å². The molecule has 0 spiro atoms. The highest BCUT2D eigenvalue weighted by Gasteiger charge is 2.35. The molecule has 0 fully saturated rings. The van der Waals surface area contributed by atoms with Gasteiger partial charge in [-0.1, -0.05) is 58.2 Å². The van der Waals surface area contributed by atoms with Crippen molar-refractivity contribution in [3.8, 4) is 0 Å². The highest BCUT2D eigenvalue weighted by atomic mass is 35.5. The predicted molar refractivity (Wildman–Crippen MR) is 119 cm³/mol. The van der Waals surface area contributed by atoms with E-state index in [0.29, 0.717) is 24.9 Å². The molecule has 9 heteroatoms. The minimum atomic E-state index is -4.67. The van der Waals surface area contributed by atoms with Gasteiger partial charge in [0.25, 0.3) is 5.91 Å². The van der Waals surface area contributed by atoms with Crippen molar-refractivity contribution < 1.29 is 27.5 Å². The van der Waals surface area contributed by atoms with Crippen LogP contribution in [0.2, 0.25) is 5.02 Å². The van der Waals surface area contributed by atoms with Gasteiger partial charge in [-0.25, -0.2) is 0 Å². The standard InChI is InChI=1S/C16H11ClF3NO3S.C4H10.C2H6/c17-13-8(2-1-3-11(13)16(18,19)20)14(23)21-15-9(6-22)10-7-24-5-4-12(10)25-15;1-3-4-2;1-2/h1-3,6H,4-5,7H2,(H,21,23);3-4H2,1-2H3;1-2H3. The third-order valence-electron chi connectivity index (χ3n) is 4.25. The van der Waals surface area contributed by atoms with E-state index in [4.69, 9.17) is 16.3 Å². The first-order valence-corrected chi connectivity index (χ1v) is 11.3. The van der Waals surface area contributed by atoms with Crippen LogP contribution in [0.3, 0.4) is 0 Å². The number of nitrogens with one attached hydrogen (secondary N) is 1. The smallest absolute Gasteiger partial charge is 0.376 e. The molecule has 0 saturated heterocycles. The summed E-state index contributed by atoms with van der Waals surface area (Å²) in [7, 11) is 0. The first-order valence-electron chi connectivity index (χ1n) is 10.1. The zero-order chi connectivity index (χ0) is 23.6. The van der Waals surface area contributed by atoms with Gasteiger partial charge in [-0.15, -0.1) is 11.3 Å². The molecule has 2 aromatic rings. The van der Waals surface area contributed by atoms with E-state index >= 15 is 0 Å². The van der Waals surface area contributed by atoms with Gasteiger partial charge in [0.15, 0.2) is 6.29 Å². The molecule has 0 aliphatic carbocycles. The topological polar surface area (TPSA) is 55.4 Å². The minimum absolute atomic E-state index is 0.264. The van der Waals surface area contributed by atoms with Crippen LogP contribution >= 0.6 is 22.9 Å². The Kier molecular flexibility index (Phi) is 11.2. The number of halogens is 4. The van der Waals surface area contributed by atoms with Crippen LogP contribution in [0.5, 0.6) is 0 Å². The number of hydrogen-bond donors (Lipinski definition) is 1. The van der Waals surface area contributed by atoms with Crippen molar-refractivity contribution in [2.24, 2.45) is 0 Å². The van der Waals surface area contributed by atoms with Crippen LogP contribution in [0.1, 0.15) is 77.3 Å².